The summed E-state index contributed by atoms with van der Waals surface area (Å²) >= 11 is 0. The number of hydrogen-bond acceptors (Lipinski definition) is 3. The van der Waals surface area contributed by atoms with E-state index in [1.165, 1.54) is 12.1 Å². The van der Waals surface area contributed by atoms with Gasteiger partial charge in [0.2, 0.25) is 0 Å². The number of carbonyl (C=O) groups is 1. The van der Waals surface area contributed by atoms with Gasteiger partial charge in [-0.3, -0.25) is 9.48 Å². The highest BCUT2D eigenvalue weighted by molar-refractivity contribution is 6.01. The minimum atomic E-state index is -4.38. The number of rotatable bonds is 5. The van der Waals surface area contributed by atoms with Crippen molar-refractivity contribution in [2.24, 2.45) is 0 Å². The highest BCUT2D eigenvalue weighted by Crippen LogP contribution is 2.32. The van der Waals surface area contributed by atoms with Gasteiger partial charge in [-0.25, -0.2) is 0 Å². The summed E-state index contributed by atoms with van der Waals surface area (Å²) < 4.78 is 41.2. The molecule has 0 spiro atoms. The first kappa shape index (κ1) is 23.7. The van der Waals surface area contributed by atoms with E-state index in [1.54, 1.807) is 17.2 Å². The molecule has 1 aliphatic rings. The number of alkyl halides is 3. The Bertz CT molecular complexity index is 1330. The first-order valence-electron chi connectivity index (χ1n) is 11.8. The molecule has 0 atom stereocenters. The third-order valence-electron chi connectivity index (χ3n) is 6.43. The van der Waals surface area contributed by atoms with E-state index in [-0.39, 0.29) is 5.91 Å². The average Bonchev–Trinajstić information content (AvgIpc) is 3.42. The van der Waals surface area contributed by atoms with Crippen LogP contribution in [0.15, 0.2) is 91.3 Å². The molecule has 1 saturated heterocycles. The number of nitrogens with zero attached hydrogens (tertiary/aromatic N) is 4. The van der Waals surface area contributed by atoms with Gasteiger partial charge in [-0.05, 0) is 47.0 Å². The summed E-state index contributed by atoms with van der Waals surface area (Å²) in [5, 5.41) is 4.23. The molecule has 3 aromatic carbocycles. The Morgan fingerprint density at radius 2 is 1.61 bits per heavy atom. The van der Waals surface area contributed by atoms with Gasteiger partial charge in [0.25, 0.3) is 5.91 Å². The van der Waals surface area contributed by atoms with Crippen LogP contribution in [0.5, 0.6) is 0 Å². The maximum Gasteiger partial charge on any atom is 0.416 e. The zero-order valence-electron chi connectivity index (χ0n) is 19.5. The van der Waals surface area contributed by atoms with Crippen LogP contribution >= 0.6 is 0 Å². The predicted octanol–water partition coefficient (Wildman–Crippen LogP) is 5.58. The second kappa shape index (κ2) is 9.89. The predicted molar refractivity (Wildman–Crippen MR) is 133 cm³/mol. The normalized spacial score (nSPS) is 14.2. The first-order valence-corrected chi connectivity index (χ1v) is 11.8. The monoisotopic (exact) mass is 490 g/mol. The second-order valence-corrected chi connectivity index (χ2v) is 8.77. The number of anilines is 1. The van der Waals surface area contributed by atoms with Gasteiger partial charge >= 0.3 is 6.18 Å². The topological polar surface area (TPSA) is 41.4 Å². The van der Waals surface area contributed by atoms with Crippen LogP contribution in [0, 0.1) is 0 Å². The van der Waals surface area contributed by atoms with Crippen molar-refractivity contribution >= 4 is 11.6 Å². The summed E-state index contributed by atoms with van der Waals surface area (Å²) in [6.45, 7) is 2.48. The molecule has 0 radical (unpaired) electrons. The molecule has 1 aromatic heterocycles. The van der Waals surface area contributed by atoms with Crippen LogP contribution in [-0.2, 0) is 12.7 Å². The Balaban J connectivity index is 1.28. The Hall–Kier alpha value is -4.07. The second-order valence-electron chi connectivity index (χ2n) is 8.77. The standard InChI is InChI=1S/C28H25F3N4O/c29-28(30,31)23-5-3-6-24(19-23)33-15-17-34(18-16-33)27(36)26-8-2-1-7-25(26)22-11-9-21(10-12-22)20-35-14-4-13-32-35/h1-14,19H,15-18,20H2. The number of halogens is 3. The van der Waals surface area contributed by atoms with Gasteiger partial charge in [-0.15, -0.1) is 0 Å². The van der Waals surface area contributed by atoms with Crippen LogP contribution in [0.1, 0.15) is 21.5 Å². The molecule has 8 heteroatoms. The van der Waals surface area contributed by atoms with E-state index < -0.39 is 11.7 Å². The fraction of sp³-hybridized carbons (Fsp3) is 0.214. The lowest BCUT2D eigenvalue weighted by Crippen LogP contribution is -2.49. The van der Waals surface area contributed by atoms with Gasteiger partial charge in [0, 0.05) is 49.8 Å². The molecule has 0 unspecified atom stereocenters. The number of piperazine rings is 1. The van der Waals surface area contributed by atoms with E-state index >= 15 is 0 Å². The van der Waals surface area contributed by atoms with Gasteiger partial charge in [0.05, 0.1) is 12.1 Å². The molecule has 36 heavy (non-hydrogen) atoms. The fourth-order valence-corrected chi connectivity index (χ4v) is 4.51. The van der Waals surface area contributed by atoms with E-state index in [0.717, 1.165) is 22.8 Å². The molecule has 4 aromatic rings. The third-order valence-corrected chi connectivity index (χ3v) is 6.43. The lowest BCUT2D eigenvalue weighted by atomic mass is 9.97. The highest BCUT2D eigenvalue weighted by atomic mass is 19.4. The summed E-state index contributed by atoms with van der Waals surface area (Å²) in [6, 6.07) is 22.8. The number of amides is 1. The number of hydrogen-bond donors (Lipinski definition) is 0. The van der Waals surface area contributed by atoms with Crippen molar-refractivity contribution in [3.63, 3.8) is 0 Å². The maximum absolute atomic E-state index is 13.4. The molecule has 0 saturated carbocycles. The van der Waals surface area contributed by atoms with Crippen molar-refractivity contribution in [3.8, 4) is 11.1 Å². The third kappa shape index (κ3) is 5.12. The van der Waals surface area contributed by atoms with Crippen LogP contribution in [0.3, 0.4) is 0 Å². The molecule has 1 fully saturated rings. The minimum absolute atomic E-state index is 0.0742. The van der Waals surface area contributed by atoms with Crippen molar-refractivity contribution in [3.05, 3.63) is 108 Å². The van der Waals surface area contributed by atoms with Crippen molar-refractivity contribution < 1.29 is 18.0 Å². The van der Waals surface area contributed by atoms with Gasteiger partial charge in [0.15, 0.2) is 0 Å². The van der Waals surface area contributed by atoms with Gasteiger partial charge in [-0.2, -0.15) is 18.3 Å². The van der Waals surface area contributed by atoms with E-state index in [9.17, 15) is 18.0 Å². The molecule has 1 amide bonds. The average molecular weight is 491 g/mol. The zero-order chi connectivity index (χ0) is 25.1. The Morgan fingerprint density at radius 3 is 2.31 bits per heavy atom. The Kier molecular flexibility index (Phi) is 6.50. The highest BCUT2D eigenvalue weighted by Gasteiger charge is 2.31. The molecule has 5 rings (SSSR count). The van der Waals surface area contributed by atoms with Crippen molar-refractivity contribution in [2.45, 2.75) is 12.7 Å². The lowest BCUT2D eigenvalue weighted by Gasteiger charge is -2.36. The van der Waals surface area contributed by atoms with E-state index in [1.807, 2.05) is 70.4 Å². The fourth-order valence-electron chi connectivity index (χ4n) is 4.51. The molecule has 5 nitrogen and oxygen atoms in total. The van der Waals surface area contributed by atoms with E-state index in [4.69, 9.17) is 0 Å². The molecular weight excluding hydrogens is 465 g/mol. The van der Waals surface area contributed by atoms with Crippen LogP contribution in [0.2, 0.25) is 0 Å². The maximum atomic E-state index is 13.4. The first-order chi connectivity index (χ1) is 17.4. The van der Waals surface area contributed by atoms with Crippen LogP contribution in [0.25, 0.3) is 11.1 Å². The molecule has 0 N–H and O–H groups in total. The van der Waals surface area contributed by atoms with Crippen LogP contribution in [-0.4, -0.2) is 46.8 Å². The molecule has 0 aliphatic carbocycles. The number of carbonyl (C=O) groups excluding carboxylic acids is 1. The summed E-state index contributed by atoms with van der Waals surface area (Å²) in [5.74, 6) is -0.0742. The van der Waals surface area contributed by atoms with E-state index in [0.29, 0.717) is 44.0 Å². The Labute approximate surface area is 207 Å². The number of aromatic nitrogens is 2. The van der Waals surface area contributed by atoms with Crippen molar-refractivity contribution in [1.29, 1.82) is 0 Å². The molecule has 184 valence electrons. The smallest absolute Gasteiger partial charge is 0.368 e. The zero-order valence-corrected chi connectivity index (χ0v) is 19.5. The quantitative estimate of drug-likeness (QED) is 0.367. The minimum Gasteiger partial charge on any atom is -0.368 e. The summed E-state index contributed by atoms with van der Waals surface area (Å²) in [5.41, 5.74) is 3.39. The molecule has 2 heterocycles. The summed E-state index contributed by atoms with van der Waals surface area (Å²) in [4.78, 5) is 17.1. The van der Waals surface area contributed by atoms with Crippen LogP contribution < -0.4 is 4.90 Å². The largest absolute Gasteiger partial charge is 0.416 e. The summed E-state index contributed by atoms with van der Waals surface area (Å²) in [7, 11) is 0. The molecule has 0 bridgehead atoms. The number of benzene rings is 3. The lowest BCUT2D eigenvalue weighted by molar-refractivity contribution is -0.137. The molecule has 1 aliphatic heterocycles. The van der Waals surface area contributed by atoms with Crippen LogP contribution in [0.4, 0.5) is 18.9 Å². The SMILES string of the molecule is O=C(c1ccccc1-c1ccc(Cn2cccn2)cc1)N1CCN(c2cccc(C(F)(F)F)c2)CC1. The van der Waals surface area contributed by atoms with E-state index in [2.05, 4.69) is 5.10 Å². The van der Waals surface area contributed by atoms with Gasteiger partial charge < -0.3 is 9.80 Å². The van der Waals surface area contributed by atoms with Crippen molar-refractivity contribution in [2.75, 3.05) is 31.1 Å². The van der Waals surface area contributed by atoms with Gasteiger partial charge in [0.1, 0.15) is 0 Å². The van der Waals surface area contributed by atoms with Gasteiger partial charge in [-0.1, -0.05) is 48.5 Å². The van der Waals surface area contributed by atoms with Crippen molar-refractivity contribution in [1.82, 2.24) is 14.7 Å². The summed E-state index contributed by atoms with van der Waals surface area (Å²) in [6.07, 6.45) is -0.723. The molecular formula is C28H25F3N4O. The Morgan fingerprint density at radius 1 is 0.861 bits per heavy atom.